The predicted molar refractivity (Wildman–Crippen MR) is 106 cm³/mol. The molecule has 0 aliphatic rings. The molecular weight excluding hydrogens is 340 g/mol. The van der Waals surface area contributed by atoms with Crippen molar-refractivity contribution in [2.24, 2.45) is 0 Å². The van der Waals surface area contributed by atoms with E-state index < -0.39 is 0 Å². The number of nitrogens with zero attached hydrogens (tertiary/aromatic N) is 1. The summed E-state index contributed by atoms with van der Waals surface area (Å²) in [6.07, 6.45) is 1.99. The molecule has 2 aromatic carbocycles. The number of hydrogen-bond acceptors (Lipinski definition) is 4. The highest BCUT2D eigenvalue weighted by molar-refractivity contribution is 5.93. The lowest BCUT2D eigenvalue weighted by Crippen LogP contribution is -2.15. The van der Waals surface area contributed by atoms with Crippen molar-refractivity contribution in [2.75, 3.05) is 19.5 Å². The Labute approximate surface area is 159 Å². The van der Waals surface area contributed by atoms with Crippen LogP contribution in [0, 0.1) is 6.92 Å². The highest BCUT2D eigenvalue weighted by Crippen LogP contribution is 2.25. The summed E-state index contributed by atoms with van der Waals surface area (Å²) in [5.74, 6) is 1.24. The van der Waals surface area contributed by atoms with E-state index in [1.165, 1.54) is 0 Å². The molecule has 3 aromatic rings. The summed E-state index contributed by atoms with van der Waals surface area (Å²) < 4.78 is 10.6. The summed E-state index contributed by atoms with van der Waals surface area (Å²) >= 11 is 0. The van der Waals surface area contributed by atoms with Gasteiger partial charge in [0.1, 0.15) is 11.5 Å². The SMILES string of the molecule is COc1ccc(OC)c(CC(=O)Nc2ccc(-c3ccnc(C)c3)cc2)c1. The molecule has 0 aliphatic carbocycles. The van der Waals surface area contributed by atoms with Crippen molar-refractivity contribution in [3.63, 3.8) is 0 Å². The van der Waals surface area contributed by atoms with E-state index in [0.29, 0.717) is 11.5 Å². The molecule has 1 aromatic heterocycles. The van der Waals surface area contributed by atoms with Crippen molar-refractivity contribution in [1.82, 2.24) is 4.98 Å². The summed E-state index contributed by atoms with van der Waals surface area (Å²) in [6.45, 7) is 1.96. The van der Waals surface area contributed by atoms with Gasteiger partial charge in [-0.1, -0.05) is 12.1 Å². The maximum atomic E-state index is 12.4. The molecular formula is C22H22N2O3. The van der Waals surface area contributed by atoms with E-state index in [0.717, 1.165) is 28.1 Å². The summed E-state index contributed by atoms with van der Waals surface area (Å²) in [5.41, 5.74) is 4.67. The second-order valence-electron chi connectivity index (χ2n) is 6.17. The Balaban J connectivity index is 1.70. The number of rotatable bonds is 6. The number of carbonyl (C=O) groups is 1. The maximum Gasteiger partial charge on any atom is 0.228 e. The largest absolute Gasteiger partial charge is 0.497 e. The first kappa shape index (κ1) is 18.5. The van der Waals surface area contributed by atoms with Gasteiger partial charge in [0.05, 0.1) is 20.6 Å². The fraction of sp³-hybridized carbons (Fsp3) is 0.182. The zero-order valence-corrected chi connectivity index (χ0v) is 15.7. The topological polar surface area (TPSA) is 60.5 Å². The van der Waals surface area contributed by atoms with Crippen molar-refractivity contribution in [1.29, 1.82) is 0 Å². The summed E-state index contributed by atoms with van der Waals surface area (Å²) in [4.78, 5) is 16.6. The zero-order valence-electron chi connectivity index (χ0n) is 15.7. The van der Waals surface area contributed by atoms with E-state index in [9.17, 15) is 4.79 Å². The van der Waals surface area contributed by atoms with E-state index in [-0.39, 0.29) is 12.3 Å². The van der Waals surface area contributed by atoms with Gasteiger partial charge in [-0.3, -0.25) is 9.78 Å². The molecule has 0 unspecified atom stereocenters. The highest BCUT2D eigenvalue weighted by atomic mass is 16.5. The van der Waals surface area contributed by atoms with Crippen LogP contribution in [0.1, 0.15) is 11.3 Å². The van der Waals surface area contributed by atoms with Crippen molar-refractivity contribution in [3.05, 3.63) is 72.1 Å². The molecule has 0 atom stereocenters. The molecule has 1 heterocycles. The Bertz CT molecular complexity index is 937. The van der Waals surface area contributed by atoms with Gasteiger partial charge in [0.2, 0.25) is 5.91 Å². The average Bonchev–Trinajstić information content (AvgIpc) is 2.68. The third kappa shape index (κ3) is 4.64. The number of benzene rings is 2. The minimum atomic E-state index is -0.117. The van der Waals surface area contributed by atoms with Crippen LogP contribution in [-0.2, 0) is 11.2 Å². The lowest BCUT2D eigenvalue weighted by molar-refractivity contribution is -0.115. The Morgan fingerprint density at radius 2 is 1.74 bits per heavy atom. The molecule has 138 valence electrons. The maximum absolute atomic E-state index is 12.4. The lowest BCUT2D eigenvalue weighted by atomic mass is 10.1. The van der Waals surface area contributed by atoms with Gasteiger partial charge in [-0.15, -0.1) is 0 Å². The van der Waals surface area contributed by atoms with Gasteiger partial charge >= 0.3 is 0 Å². The molecule has 0 bridgehead atoms. The number of nitrogens with one attached hydrogen (secondary N) is 1. The van der Waals surface area contributed by atoms with Gasteiger partial charge in [-0.25, -0.2) is 0 Å². The normalized spacial score (nSPS) is 10.3. The minimum absolute atomic E-state index is 0.117. The van der Waals surface area contributed by atoms with Crippen LogP contribution < -0.4 is 14.8 Å². The number of methoxy groups -OCH3 is 2. The Hall–Kier alpha value is -3.34. The fourth-order valence-corrected chi connectivity index (χ4v) is 2.87. The van der Waals surface area contributed by atoms with Crippen LogP contribution in [0.2, 0.25) is 0 Å². The van der Waals surface area contributed by atoms with Crippen LogP contribution in [0.15, 0.2) is 60.8 Å². The van der Waals surface area contributed by atoms with Crippen LogP contribution in [0.5, 0.6) is 11.5 Å². The molecule has 0 saturated heterocycles. The van der Waals surface area contributed by atoms with E-state index >= 15 is 0 Å². The number of hydrogen-bond donors (Lipinski definition) is 1. The van der Waals surface area contributed by atoms with Crippen LogP contribution in [0.25, 0.3) is 11.1 Å². The van der Waals surface area contributed by atoms with E-state index in [4.69, 9.17) is 9.47 Å². The number of aromatic nitrogens is 1. The second-order valence-corrected chi connectivity index (χ2v) is 6.17. The predicted octanol–water partition coefficient (Wildman–Crippen LogP) is 4.26. The van der Waals surface area contributed by atoms with E-state index in [2.05, 4.69) is 10.3 Å². The zero-order chi connectivity index (χ0) is 19.2. The van der Waals surface area contributed by atoms with Gasteiger partial charge in [0.15, 0.2) is 0 Å². The third-order valence-electron chi connectivity index (χ3n) is 4.24. The number of ether oxygens (including phenoxy) is 2. The van der Waals surface area contributed by atoms with Crippen molar-refractivity contribution < 1.29 is 14.3 Å². The van der Waals surface area contributed by atoms with Gasteiger partial charge in [-0.05, 0) is 60.5 Å². The van der Waals surface area contributed by atoms with Crippen LogP contribution in [0.4, 0.5) is 5.69 Å². The first-order valence-corrected chi connectivity index (χ1v) is 8.63. The molecule has 5 nitrogen and oxygen atoms in total. The Morgan fingerprint density at radius 3 is 2.41 bits per heavy atom. The van der Waals surface area contributed by atoms with Crippen molar-refractivity contribution in [3.8, 4) is 22.6 Å². The molecule has 27 heavy (non-hydrogen) atoms. The molecule has 0 fully saturated rings. The summed E-state index contributed by atoms with van der Waals surface area (Å²) in [6, 6.07) is 17.2. The Kier molecular flexibility index (Phi) is 5.71. The van der Waals surface area contributed by atoms with Gasteiger partial charge in [0, 0.05) is 23.1 Å². The average molecular weight is 362 g/mol. The van der Waals surface area contributed by atoms with Gasteiger partial charge in [0.25, 0.3) is 0 Å². The molecule has 0 radical (unpaired) electrons. The van der Waals surface area contributed by atoms with Crippen molar-refractivity contribution >= 4 is 11.6 Å². The quantitative estimate of drug-likeness (QED) is 0.712. The second kappa shape index (κ2) is 8.36. The summed E-state index contributed by atoms with van der Waals surface area (Å²) in [7, 11) is 3.18. The van der Waals surface area contributed by atoms with E-state index in [1.54, 1.807) is 32.5 Å². The van der Waals surface area contributed by atoms with E-state index in [1.807, 2.05) is 49.4 Å². The van der Waals surface area contributed by atoms with Gasteiger partial charge < -0.3 is 14.8 Å². The lowest BCUT2D eigenvalue weighted by Gasteiger charge is -2.11. The number of aryl methyl sites for hydroxylation is 1. The van der Waals surface area contributed by atoms with Crippen LogP contribution in [-0.4, -0.2) is 25.1 Å². The monoisotopic (exact) mass is 362 g/mol. The molecule has 1 amide bonds. The number of carbonyl (C=O) groups excluding carboxylic acids is 1. The standard InChI is InChI=1S/C22H22N2O3/c1-15-12-17(10-11-23-15)16-4-6-19(7-5-16)24-22(25)14-18-13-20(26-2)8-9-21(18)27-3/h4-13H,14H2,1-3H3,(H,24,25). The molecule has 3 rings (SSSR count). The smallest absolute Gasteiger partial charge is 0.228 e. The van der Waals surface area contributed by atoms with Gasteiger partial charge in [-0.2, -0.15) is 0 Å². The minimum Gasteiger partial charge on any atom is -0.497 e. The first-order valence-electron chi connectivity index (χ1n) is 8.63. The summed E-state index contributed by atoms with van der Waals surface area (Å²) in [5, 5.41) is 2.92. The highest BCUT2D eigenvalue weighted by Gasteiger charge is 2.11. The number of anilines is 1. The fourth-order valence-electron chi connectivity index (χ4n) is 2.87. The van der Waals surface area contributed by atoms with Crippen LogP contribution in [0.3, 0.4) is 0 Å². The molecule has 0 saturated carbocycles. The van der Waals surface area contributed by atoms with Crippen molar-refractivity contribution in [2.45, 2.75) is 13.3 Å². The van der Waals surface area contributed by atoms with Crippen LogP contribution >= 0.6 is 0 Å². The number of pyridine rings is 1. The number of amides is 1. The first-order chi connectivity index (χ1) is 13.1. The molecule has 0 spiro atoms. The molecule has 0 aliphatic heterocycles. The Morgan fingerprint density at radius 1 is 0.963 bits per heavy atom. The molecule has 5 heteroatoms. The molecule has 1 N–H and O–H groups in total. The third-order valence-corrected chi connectivity index (χ3v) is 4.24.